The van der Waals surface area contributed by atoms with Gasteiger partial charge in [-0.25, -0.2) is 13.9 Å². The number of aromatic nitrogens is 1. The second-order valence-electron chi connectivity index (χ2n) is 19.6. The molecule has 5 aromatic rings. The van der Waals surface area contributed by atoms with Crippen molar-refractivity contribution in [2.45, 2.75) is 120 Å². The standard InChI is InChI=1S/C54H54F3N8O11PS2/c55-34-14-11-31(12-15-34)40-29-78-51(61-40)38(17-21-45(58)66)59-49(70)42-18-16-35-23-24-63(28-39(53(73)65(35)42)60-50(71)44-26-32-25-33(13-20-43(32)79-44)54(56,57)76-77(74)75)47(68)10-5-3-1-2-4-7-30-8-6-9-36-37(30)27-64(52(36)72)41-19-22-46(67)62-48(41)69/h6,8-9,11-15,20,25-26,29,35,38-39,41-42,74-75H,1-3,5,10,16-19,21-24,27-28H2,(H2,58,66)(H,59,70)(H,60,71)(H,62,67,69)/t35-,38+,39+,41?,42+/m1/s1. The molecular weight excluding hydrogens is 1090 g/mol. The van der Waals surface area contributed by atoms with E-state index in [0.29, 0.717) is 76.2 Å². The van der Waals surface area contributed by atoms with E-state index in [1.54, 1.807) is 29.6 Å². The van der Waals surface area contributed by atoms with Crippen LogP contribution >= 0.6 is 31.3 Å². The number of alkyl halides is 2. The minimum Gasteiger partial charge on any atom is -0.370 e. The van der Waals surface area contributed by atoms with Gasteiger partial charge in [-0.1, -0.05) is 24.3 Å². The third kappa shape index (κ3) is 13.2. The number of hydrogen-bond donors (Lipinski definition) is 6. The molecule has 3 aromatic carbocycles. The monoisotopic (exact) mass is 1140 g/mol. The molecular formula is C54H54F3N8O11PS2. The van der Waals surface area contributed by atoms with Gasteiger partial charge in [0.2, 0.25) is 35.4 Å². The number of thiazole rings is 1. The second-order valence-corrected chi connectivity index (χ2v) is 22.3. The van der Waals surface area contributed by atoms with Crippen LogP contribution in [0.1, 0.15) is 125 Å². The molecule has 9 rings (SSSR count). The highest BCUT2D eigenvalue weighted by atomic mass is 32.1. The zero-order chi connectivity index (χ0) is 56.1. The summed E-state index contributed by atoms with van der Waals surface area (Å²) in [7, 11) is -3.41. The van der Waals surface area contributed by atoms with Gasteiger partial charge in [0.05, 0.1) is 22.2 Å². The first-order valence-electron chi connectivity index (χ1n) is 25.6. The second kappa shape index (κ2) is 24.5. The van der Waals surface area contributed by atoms with Gasteiger partial charge in [0.25, 0.3) is 11.8 Å². The van der Waals surface area contributed by atoms with Crippen molar-refractivity contribution in [3.8, 4) is 23.1 Å². The van der Waals surface area contributed by atoms with Crippen LogP contribution in [0.4, 0.5) is 13.2 Å². The fourth-order valence-electron chi connectivity index (χ4n) is 10.4. The van der Waals surface area contributed by atoms with Crippen LogP contribution in [0.3, 0.4) is 0 Å². The third-order valence-corrected chi connectivity index (χ3v) is 16.8. The van der Waals surface area contributed by atoms with Gasteiger partial charge in [-0.15, -0.1) is 22.7 Å². The summed E-state index contributed by atoms with van der Waals surface area (Å²) in [4.78, 5) is 134. The molecule has 0 radical (unpaired) electrons. The first-order valence-corrected chi connectivity index (χ1v) is 28.4. The minimum absolute atomic E-state index is 0.0335. The molecule has 19 nitrogen and oxygen atoms in total. The van der Waals surface area contributed by atoms with Crippen LogP contribution in [0.5, 0.6) is 0 Å². The number of unbranched alkanes of at least 4 members (excludes halogenated alkanes) is 3. The Morgan fingerprint density at radius 1 is 0.975 bits per heavy atom. The average Bonchev–Trinajstić information content (AvgIpc) is 4.26. The van der Waals surface area contributed by atoms with Crippen molar-refractivity contribution in [1.82, 2.24) is 35.6 Å². The van der Waals surface area contributed by atoms with Gasteiger partial charge in [0.1, 0.15) is 29.0 Å². The number of thiophene rings is 1. The molecule has 1 unspecified atom stereocenters. The number of carbonyl (C=O) groups excluding carboxylic acids is 8. The highest BCUT2D eigenvalue weighted by Gasteiger charge is 2.46. The van der Waals surface area contributed by atoms with Gasteiger partial charge in [0.15, 0.2) is 0 Å². The number of nitrogens with one attached hydrogen (secondary N) is 3. The Kier molecular flexibility index (Phi) is 17.5. The van der Waals surface area contributed by atoms with E-state index in [2.05, 4.69) is 37.3 Å². The Morgan fingerprint density at radius 3 is 2.53 bits per heavy atom. The Morgan fingerprint density at radius 2 is 1.77 bits per heavy atom. The van der Waals surface area contributed by atoms with Gasteiger partial charge in [0, 0.05) is 78.1 Å². The normalized spacial score (nSPS) is 19.8. The molecule has 4 aliphatic rings. The fourth-order valence-corrected chi connectivity index (χ4v) is 12.6. The summed E-state index contributed by atoms with van der Waals surface area (Å²) in [6.45, 7) is 0.119. The van der Waals surface area contributed by atoms with E-state index >= 15 is 0 Å². The van der Waals surface area contributed by atoms with Gasteiger partial charge >= 0.3 is 14.7 Å². The van der Waals surface area contributed by atoms with Crippen LogP contribution in [0.15, 0.2) is 72.1 Å². The van der Waals surface area contributed by atoms with E-state index in [1.807, 2.05) is 6.07 Å². The van der Waals surface area contributed by atoms with Crippen molar-refractivity contribution in [3.63, 3.8) is 0 Å². The molecule has 5 atom stereocenters. The van der Waals surface area contributed by atoms with Crippen molar-refractivity contribution in [2.24, 2.45) is 5.73 Å². The summed E-state index contributed by atoms with van der Waals surface area (Å²) >= 11 is 2.17. The van der Waals surface area contributed by atoms with Crippen LogP contribution in [0.25, 0.3) is 21.3 Å². The van der Waals surface area contributed by atoms with Gasteiger partial charge in [-0.3, -0.25) is 43.7 Å². The zero-order valence-electron chi connectivity index (χ0n) is 42.3. The van der Waals surface area contributed by atoms with E-state index < -0.39 is 85.8 Å². The number of imide groups is 1. The quantitative estimate of drug-likeness (QED) is 0.0255. The van der Waals surface area contributed by atoms with Crippen LogP contribution in [-0.4, -0.2) is 114 Å². The van der Waals surface area contributed by atoms with E-state index in [0.717, 1.165) is 23.5 Å². The van der Waals surface area contributed by atoms with Gasteiger partial charge in [-0.2, -0.15) is 8.78 Å². The number of nitrogens with two attached hydrogens (primary N) is 1. The van der Waals surface area contributed by atoms with Crippen molar-refractivity contribution < 1.29 is 65.8 Å². The topological polar surface area (TPSA) is 271 Å². The number of amides is 8. The summed E-state index contributed by atoms with van der Waals surface area (Å²) < 4.78 is 47.5. The Labute approximate surface area is 460 Å². The molecule has 0 saturated carbocycles. The number of benzene rings is 3. The Hall–Kier alpha value is -7.13. The van der Waals surface area contributed by atoms with Crippen LogP contribution < -0.4 is 21.7 Å². The van der Waals surface area contributed by atoms with E-state index in [4.69, 9.17) is 15.5 Å². The summed E-state index contributed by atoms with van der Waals surface area (Å²) in [5.41, 5.74) is 7.81. The minimum atomic E-state index is -4.06. The number of carbonyl (C=O) groups is 8. The molecule has 0 bridgehead atoms. The predicted octanol–water partition coefficient (Wildman–Crippen LogP) is 6.02. The number of hydrogen-bond acceptors (Lipinski definition) is 14. The molecule has 414 valence electrons. The predicted molar refractivity (Wildman–Crippen MR) is 284 cm³/mol. The Bertz CT molecular complexity index is 3270. The number of rotatable bonds is 18. The van der Waals surface area contributed by atoms with Gasteiger partial charge < -0.3 is 40.9 Å². The van der Waals surface area contributed by atoms with E-state index in [9.17, 15) is 51.5 Å². The molecule has 25 heteroatoms. The maximum absolute atomic E-state index is 15.0. The SMILES string of the molecule is NC(=O)CC[C@H](NC(=O)[C@@H]1CC[C@@H]2CCN(C(=O)CCCCCC#Cc3cccc4c3CN(C3CCC(=O)NC3=O)C4=O)C[C@H](NC(=O)c3cc4cc(C(F)(F)OP(O)O)ccc4s3)C(=O)N21)c1nc(-c2ccc(F)cc2)cs1. The molecule has 4 aliphatic heterocycles. The number of nitrogens with zero attached hydrogens (tertiary/aromatic N) is 4. The van der Waals surface area contributed by atoms with Crippen molar-refractivity contribution >= 4 is 88.6 Å². The molecule has 8 amide bonds. The molecule has 6 heterocycles. The lowest BCUT2D eigenvalue weighted by atomic mass is 10.0. The van der Waals surface area contributed by atoms with Gasteiger partial charge in [-0.05, 0) is 117 Å². The fraction of sp³-hybridized carbons (Fsp3) is 0.389. The van der Waals surface area contributed by atoms with Crippen molar-refractivity contribution in [3.05, 3.63) is 110 Å². The number of primary amides is 1. The van der Waals surface area contributed by atoms with E-state index in [-0.39, 0.29) is 86.1 Å². The highest BCUT2D eigenvalue weighted by Crippen LogP contribution is 2.43. The van der Waals surface area contributed by atoms with Crippen LogP contribution in [0.2, 0.25) is 0 Å². The zero-order valence-corrected chi connectivity index (χ0v) is 44.8. The molecule has 79 heavy (non-hydrogen) atoms. The molecule has 0 spiro atoms. The number of fused-ring (bicyclic) bond motifs is 3. The molecule has 0 aliphatic carbocycles. The lowest BCUT2D eigenvalue weighted by Crippen LogP contribution is -2.61. The van der Waals surface area contributed by atoms with Crippen molar-refractivity contribution in [2.75, 3.05) is 13.1 Å². The number of halogens is 3. The lowest BCUT2D eigenvalue weighted by Gasteiger charge is -2.39. The molecule has 3 fully saturated rings. The maximum Gasteiger partial charge on any atom is 0.389 e. The first kappa shape index (κ1) is 56.6. The molecule has 7 N–H and O–H groups in total. The van der Waals surface area contributed by atoms with Crippen molar-refractivity contribution in [1.29, 1.82) is 0 Å². The summed E-state index contributed by atoms with van der Waals surface area (Å²) in [6, 6.07) is 11.2. The highest BCUT2D eigenvalue weighted by molar-refractivity contribution is 7.39. The summed E-state index contributed by atoms with van der Waals surface area (Å²) in [6.07, 6.45) is -0.433. The van der Waals surface area contributed by atoms with Crippen LogP contribution in [-0.2, 0) is 45.9 Å². The summed E-state index contributed by atoms with van der Waals surface area (Å²) in [5, 5.41) is 10.5. The molecule has 3 saturated heterocycles. The largest absolute Gasteiger partial charge is 0.389 e. The summed E-state index contributed by atoms with van der Waals surface area (Å²) in [5.74, 6) is 1.93. The number of piperidine rings is 1. The Balaban J connectivity index is 0.877. The maximum atomic E-state index is 15.0. The average molecular weight is 1140 g/mol. The van der Waals surface area contributed by atoms with Crippen LogP contribution in [0, 0.1) is 17.7 Å². The van der Waals surface area contributed by atoms with E-state index in [1.165, 1.54) is 50.3 Å². The smallest absolute Gasteiger partial charge is 0.370 e. The lowest BCUT2D eigenvalue weighted by molar-refractivity contribution is -0.189. The third-order valence-electron chi connectivity index (χ3n) is 14.4. The first-order chi connectivity index (χ1) is 37.8. The molecule has 2 aromatic heterocycles.